The van der Waals surface area contributed by atoms with Gasteiger partial charge in [-0.25, -0.2) is 19.9 Å². The summed E-state index contributed by atoms with van der Waals surface area (Å²) in [5.74, 6) is 0.865. The molecule has 0 unspecified atom stereocenters. The van der Waals surface area contributed by atoms with Crippen molar-refractivity contribution in [1.29, 1.82) is 5.26 Å². The maximum atomic E-state index is 14.0. The number of aromatic nitrogens is 4. The first kappa shape index (κ1) is 88.5. The van der Waals surface area contributed by atoms with E-state index >= 15 is 0 Å². The molecule has 0 aliphatic heterocycles. The molecule has 9 aromatic rings. The van der Waals surface area contributed by atoms with Gasteiger partial charge in [0.15, 0.2) is 16.5 Å². The number of unbranched alkanes of at least 4 members (excludes halogenated alkanes) is 30. The number of nitriles is 1. The highest BCUT2D eigenvalue weighted by molar-refractivity contribution is 7.29. The fraction of sp³-hybridized carbons (Fsp3) is 0.576. The predicted octanol–water partition coefficient (Wildman–Crippen LogP) is 28.1. The largest absolute Gasteiger partial charge is 0.308 e. The zero-order valence-electron chi connectivity index (χ0n) is 67.9. The van der Waals surface area contributed by atoms with Crippen LogP contribution in [0.4, 0.5) is 0 Å². The fourth-order valence-corrected chi connectivity index (χ4v) is 25.8. The van der Waals surface area contributed by atoms with Gasteiger partial charge in [0.1, 0.15) is 4.66 Å². The van der Waals surface area contributed by atoms with Crippen LogP contribution in [-0.2, 0) is 51.6 Å². The average molecular weight is 1650 g/mol. The minimum Gasteiger partial charge on any atom is -0.308 e. The SMILES string of the molecule is [C-]#[N+]/C(C#N)=c1\s/c(=C/c2cc(CCCCCCCC)c(-c3cc(CCCCCCCC)c(-c4cc(CCCCCCCC)c(-c5nsc(-c6sc(-c7sc(-c8sc(/C=c9/s/c(=C(\C)[N+]#[C-])n(CC)c9=O)cc8CCCCCCCC)cc7CCCCCCCC)cc6CCCCCCCC)n5)s4)s3)s2)c(=O)n1CC. The molecule has 18 heteroatoms. The molecule has 9 nitrogen and oxygen atoms in total. The first-order valence-corrected chi connectivity index (χ1v) is 49.8. The highest BCUT2D eigenvalue weighted by Crippen LogP contribution is 2.51. The van der Waals surface area contributed by atoms with Crippen molar-refractivity contribution in [3.05, 3.63) is 141 Å². The molecule has 9 heterocycles. The summed E-state index contributed by atoms with van der Waals surface area (Å²) in [6.07, 6.45) is 54.7. The van der Waals surface area contributed by atoms with Crippen LogP contribution in [0.1, 0.15) is 337 Å². The predicted molar refractivity (Wildman–Crippen MR) is 488 cm³/mol. The van der Waals surface area contributed by atoms with Gasteiger partial charge in [0.25, 0.3) is 16.8 Å². The van der Waals surface area contributed by atoms with E-state index in [4.69, 9.17) is 22.5 Å². The summed E-state index contributed by atoms with van der Waals surface area (Å²) >= 11 is 15.8. The van der Waals surface area contributed by atoms with E-state index in [2.05, 4.69) is 99.8 Å². The molecule has 0 fully saturated rings. The van der Waals surface area contributed by atoms with Gasteiger partial charge in [0, 0.05) is 61.9 Å². The first-order valence-electron chi connectivity index (χ1n) is 42.5. The van der Waals surface area contributed by atoms with E-state index in [9.17, 15) is 14.9 Å². The Bertz CT molecular complexity index is 4830. The molecule has 0 spiro atoms. The van der Waals surface area contributed by atoms with Gasteiger partial charge in [-0.3, -0.25) is 9.59 Å². The highest BCUT2D eigenvalue weighted by Gasteiger charge is 2.27. The van der Waals surface area contributed by atoms with Crippen molar-refractivity contribution in [1.82, 2.24) is 18.5 Å². The molecule has 110 heavy (non-hydrogen) atoms. The third kappa shape index (κ3) is 25.0. The lowest BCUT2D eigenvalue weighted by atomic mass is 10.0. The summed E-state index contributed by atoms with van der Waals surface area (Å²) in [7, 11) is 0. The molecule has 9 rings (SSSR count). The van der Waals surface area contributed by atoms with E-state index in [1.807, 2.05) is 83.5 Å². The van der Waals surface area contributed by atoms with Crippen LogP contribution in [0.3, 0.4) is 0 Å². The molecular weight excluding hydrogens is 1520 g/mol. The van der Waals surface area contributed by atoms with E-state index in [1.54, 1.807) is 32.0 Å². The second kappa shape index (κ2) is 48.1. The number of nitrogens with zero attached hydrogens (tertiary/aromatic N) is 7. The Balaban J connectivity index is 1.15. The number of thiazole rings is 2. The van der Waals surface area contributed by atoms with Crippen LogP contribution in [0.25, 0.3) is 92.8 Å². The van der Waals surface area contributed by atoms with E-state index in [0.717, 1.165) is 102 Å². The highest BCUT2D eigenvalue weighted by atomic mass is 32.1. The Labute approximate surface area is 695 Å². The second-order valence-electron chi connectivity index (χ2n) is 30.1. The van der Waals surface area contributed by atoms with Gasteiger partial charge in [0.2, 0.25) is 0 Å². The quantitative estimate of drug-likeness (QED) is 0.0279. The normalized spacial score (nSPS) is 12.6. The van der Waals surface area contributed by atoms with Crippen LogP contribution in [0.15, 0.2) is 46.0 Å². The fourth-order valence-electron chi connectivity index (χ4n) is 15.0. The zero-order valence-corrected chi connectivity index (χ0v) is 75.2. The van der Waals surface area contributed by atoms with Gasteiger partial charge in [-0.2, -0.15) is 4.37 Å². The molecule has 0 radical (unpaired) electrons. The molecule has 0 saturated heterocycles. The number of hydrogen-bond donors (Lipinski definition) is 0. The second-order valence-corrected chi connectivity index (χ2v) is 39.3. The Hall–Kier alpha value is -5.43. The third-order valence-corrected chi connectivity index (χ3v) is 32.2. The molecule has 0 amide bonds. The van der Waals surface area contributed by atoms with Crippen LogP contribution >= 0.6 is 102 Å². The molecule has 592 valence electrons. The van der Waals surface area contributed by atoms with Crippen molar-refractivity contribution < 1.29 is 0 Å². The summed E-state index contributed by atoms with van der Waals surface area (Å²) in [5.41, 5.74) is 8.75. The zero-order chi connectivity index (χ0) is 78.0. The Kier molecular flexibility index (Phi) is 38.7. The smallest absolute Gasteiger partial charge is 0.294 e. The summed E-state index contributed by atoms with van der Waals surface area (Å²) in [5, 5.41) is 11.0. The van der Waals surface area contributed by atoms with E-state index < -0.39 is 0 Å². The molecule has 0 bridgehead atoms. The summed E-state index contributed by atoms with van der Waals surface area (Å²) in [4.78, 5) is 56.4. The lowest BCUT2D eigenvalue weighted by Gasteiger charge is -2.03. The third-order valence-electron chi connectivity index (χ3n) is 21.3. The van der Waals surface area contributed by atoms with Crippen molar-refractivity contribution in [2.24, 2.45) is 0 Å². The molecule has 0 aliphatic carbocycles. The number of hydrogen-bond acceptors (Lipinski definition) is 14. The maximum absolute atomic E-state index is 14.0. The van der Waals surface area contributed by atoms with Gasteiger partial charge in [-0.1, -0.05) is 234 Å². The summed E-state index contributed by atoms with van der Waals surface area (Å²) in [6, 6.07) is 17.0. The molecule has 9 aromatic heterocycles. The van der Waals surface area contributed by atoms with Crippen LogP contribution in [0.5, 0.6) is 0 Å². The Morgan fingerprint density at radius 3 is 1.04 bits per heavy atom. The van der Waals surface area contributed by atoms with Crippen molar-refractivity contribution in [3.8, 4) is 65.7 Å². The van der Waals surface area contributed by atoms with Crippen LogP contribution in [-0.4, -0.2) is 18.5 Å². The van der Waals surface area contributed by atoms with Gasteiger partial charge < -0.3 is 9.13 Å². The molecular formula is C92H123N7O2S9. The topological polar surface area (TPSA) is 102 Å². The van der Waals surface area contributed by atoms with Gasteiger partial charge in [-0.05, 0) is 191 Å². The minimum atomic E-state index is -0.144. The maximum Gasteiger partial charge on any atom is 0.294 e. The number of rotatable bonds is 52. The summed E-state index contributed by atoms with van der Waals surface area (Å²) < 4.78 is 11.3. The van der Waals surface area contributed by atoms with Gasteiger partial charge in [-0.15, -0.1) is 90.7 Å². The first-order chi connectivity index (χ1) is 53.9. The molecule has 0 saturated carbocycles. The molecule has 0 aliphatic rings. The Morgan fingerprint density at radius 2 is 0.691 bits per heavy atom. The standard InChI is InChI=1S/C92H123N7O2S9/c1-12-20-26-32-38-44-50-66-56-72(62-79-89(100)98(18-7)91(108-79)65(9)94-10)102-82(66)76-59-69(53-47-41-35-29-23-15-4)84(105-76)78-61-71(55-49-43-37-31-25-17-6)86(107-78)88-96-87(97-110-88)85-70(54-48-42-36-30-24-16-5)60-77(106-85)83-68(52-46-40-34-28-22-14-3)58-75(104-83)81-67(51-45-39-33-27-21-13-2)57-73(103-81)63-80-90(101)99(19-8)92(109-80)74(64-93)95-11/h56-63H,12-55H2,1-9H3/b79-62+,80-63+,91-65+,92-74-. The minimum absolute atomic E-state index is 0.00799. The van der Waals surface area contributed by atoms with Crippen molar-refractivity contribution >= 4 is 126 Å². The summed E-state index contributed by atoms with van der Waals surface area (Å²) in [6.45, 7) is 36.0. The lowest BCUT2D eigenvalue weighted by molar-refractivity contribution is 0.608. The lowest BCUT2D eigenvalue weighted by Crippen LogP contribution is -2.31. The van der Waals surface area contributed by atoms with Crippen LogP contribution in [0.2, 0.25) is 0 Å². The van der Waals surface area contributed by atoms with Gasteiger partial charge >= 0.3 is 0 Å². The van der Waals surface area contributed by atoms with Crippen molar-refractivity contribution in [2.45, 2.75) is 345 Å². The average Bonchev–Trinajstić information content (AvgIpc) is 1.62. The molecule has 0 aromatic carbocycles. The molecule has 0 atom stereocenters. The van der Waals surface area contributed by atoms with Crippen LogP contribution < -0.4 is 29.5 Å². The van der Waals surface area contributed by atoms with Crippen molar-refractivity contribution in [2.75, 3.05) is 0 Å². The van der Waals surface area contributed by atoms with E-state index in [0.29, 0.717) is 32.5 Å². The number of aryl methyl sites for hydroxylation is 6. The monoisotopic (exact) mass is 1650 g/mol. The van der Waals surface area contributed by atoms with E-state index in [-0.39, 0.29) is 16.8 Å². The van der Waals surface area contributed by atoms with E-state index in [1.165, 1.54) is 297 Å². The van der Waals surface area contributed by atoms with Crippen LogP contribution in [0, 0.1) is 24.5 Å². The molecule has 0 N–H and O–H groups in total. The van der Waals surface area contributed by atoms with Crippen molar-refractivity contribution in [3.63, 3.8) is 0 Å². The Morgan fingerprint density at radius 1 is 0.391 bits per heavy atom. The number of thiophene rings is 6. The van der Waals surface area contributed by atoms with Gasteiger partial charge in [0.05, 0.1) is 42.7 Å².